The van der Waals surface area contributed by atoms with Crippen LogP contribution >= 0.6 is 0 Å². The number of hydrogen-bond donors (Lipinski definition) is 2. The van der Waals surface area contributed by atoms with Crippen LogP contribution in [0.5, 0.6) is 0 Å². The van der Waals surface area contributed by atoms with Crippen LogP contribution in [0.15, 0.2) is 0 Å². The molecule has 58 valence electrons. The van der Waals surface area contributed by atoms with Gasteiger partial charge in [-0.2, -0.15) is 0 Å². The third-order valence-corrected chi connectivity index (χ3v) is 1.16. The van der Waals surface area contributed by atoms with E-state index in [1.165, 1.54) is 0 Å². The van der Waals surface area contributed by atoms with Gasteiger partial charge in [0.15, 0.2) is 0 Å². The van der Waals surface area contributed by atoms with Gasteiger partial charge in [-0.05, 0) is 13.3 Å². The molecule has 0 aromatic rings. The van der Waals surface area contributed by atoms with Crippen LogP contribution in [0.2, 0.25) is 0 Å². The first-order valence-corrected chi connectivity index (χ1v) is 3.75. The van der Waals surface area contributed by atoms with Crippen molar-refractivity contribution in [3.8, 4) is 0 Å². The second kappa shape index (κ2) is 7.97. The summed E-state index contributed by atoms with van der Waals surface area (Å²) in [5, 5.41) is 0. The van der Waals surface area contributed by atoms with Crippen LogP contribution in [0.1, 0.15) is 13.3 Å². The zero-order valence-corrected chi connectivity index (χ0v) is 6.14. The molecule has 0 radical (unpaired) electrons. The summed E-state index contributed by atoms with van der Waals surface area (Å²) in [7, 11) is -2.69. The van der Waals surface area contributed by atoms with E-state index in [4.69, 9.17) is 5.73 Å². The minimum atomic E-state index is -2.69. The Morgan fingerprint density at radius 3 is 2.40 bits per heavy atom. The summed E-state index contributed by atoms with van der Waals surface area (Å²) in [5.41, 5.74) is 5.30. The molecule has 0 fully saturated rings. The molecule has 0 saturated heterocycles. The van der Waals surface area contributed by atoms with Crippen LogP contribution in [0, 0.1) is 0 Å². The van der Waals surface area contributed by atoms with Gasteiger partial charge < -0.3 is 5.73 Å². The van der Waals surface area contributed by atoms with E-state index >= 15 is 0 Å². The van der Waals surface area contributed by atoms with E-state index in [0.717, 1.165) is 0 Å². The van der Waals surface area contributed by atoms with Crippen molar-refractivity contribution in [1.82, 2.24) is 0 Å². The predicted octanol–water partition coefficient (Wildman–Crippen LogP) is -1.38. The Labute approximate surface area is 84.6 Å². The summed E-state index contributed by atoms with van der Waals surface area (Å²) in [5.74, 6) is 0. The van der Waals surface area contributed by atoms with E-state index in [-0.39, 0.29) is 42.2 Å². The Morgan fingerprint density at radius 1 is 1.60 bits per heavy atom. The molecule has 0 aromatic carbocycles. The molecule has 6 heteroatoms. The molecule has 4 nitrogen and oxygen atoms in total. The molecule has 0 aliphatic heterocycles. The fourth-order valence-electron chi connectivity index (χ4n) is 0.313. The molecule has 0 aliphatic rings. The quantitative estimate of drug-likeness (QED) is 0.410. The first kappa shape index (κ1) is 13.5. The zero-order valence-electron chi connectivity index (χ0n) is 5.24. The third-order valence-electron chi connectivity index (χ3n) is 0.770. The Kier molecular flexibility index (Phi) is 10.7. The molecular weight excluding hydrogens is 165 g/mol. The number of hydrogen-bond acceptors (Lipinski definition) is 4. The standard InChI is InChI=1S/C4H11NO3S.Na.H/c1-4(5)2-3-8-9(6)7;;/h4,9H,2-3,5H2,1H3;;. The maximum atomic E-state index is 9.75. The van der Waals surface area contributed by atoms with E-state index in [1.807, 2.05) is 0 Å². The first-order chi connectivity index (χ1) is 4.13. The van der Waals surface area contributed by atoms with Crippen molar-refractivity contribution >= 4 is 40.5 Å². The SMILES string of the molecule is CC(N)CCO[SH](=O)=O.[NaH]. The molecule has 0 aromatic heterocycles. The van der Waals surface area contributed by atoms with Crippen molar-refractivity contribution in [2.75, 3.05) is 6.61 Å². The molecule has 0 saturated carbocycles. The molecule has 0 heterocycles. The second-order valence-electron chi connectivity index (χ2n) is 1.82. The van der Waals surface area contributed by atoms with Crippen molar-refractivity contribution < 1.29 is 12.6 Å². The van der Waals surface area contributed by atoms with Gasteiger partial charge in [0.1, 0.15) is 0 Å². The maximum absolute atomic E-state index is 9.75. The number of nitrogens with two attached hydrogens (primary N) is 1. The summed E-state index contributed by atoms with van der Waals surface area (Å²) in [4.78, 5) is 0. The van der Waals surface area contributed by atoms with Crippen LogP contribution in [0.4, 0.5) is 0 Å². The van der Waals surface area contributed by atoms with Gasteiger partial charge in [-0.3, -0.25) is 4.18 Å². The zero-order chi connectivity index (χ0) is 7.28. The van der Waals surface area contributed by atoms with Crippen LogP contribution in [-0.2, 0) is 15.2 Å². The van der Waals surface area contributed by atoms with Gasteiger partial charge in [-0.25, -0.2) is 8.42 Å². The van der Waals surface area contributed by atoms with Crippen LogP contribution in [0.25, 0.3) is 0 Å². The van der Waals surface area contributed by atoms with Gasteiger partial charge in [-0.1, -0.05) is 0 Å². The van der Waals surface area contributed by atoms with Crippen molar-refractivity contribution in [2.45, 2.75) is 19.4 Å². The van der Waals surface area contributed by atoms with Crippen LogP contribution < -0.4 is 5.73 Å². The first-order valence-electron chi connectivity index (χ1n) is 2.66. The molecule has 0 aliphatic carbocycles. The summed E-state index contributed by atoms with van der Waals surface area (Å²) in [6.45, 7) is 1.98. The van der Waals surface area contributed by atoms with E-state index in [9.17, 15) is 8.42 Å². The summed E-state index contributed by atoms with van der Waals surface area (Å²) in [6, 6.07) is -0.0000463. The van der Waals surface area contributed by atoms with Gasteiger partial charge in [0.2, 0.25) is 0 Å². The molecule has 2 N–H and O–H groups in total. The summed E-state index contributed by atoms with van der Waals surface area (Å²) >= 11 is 0. The monoisotopic (exact) mass is 177 g/mol. The molecule has 0 spiro atoms. The van der Waals surface area contributed by atoms with Crippen molar-refractivity contribution in [3.05, 3.63) is 0 Å². The van der Waals surface area contributed by atoms with Crippen molar-refractivity contribution in [1.29, 1.82) is 0 Å². The molecule has 1 atom stereocenters. The summed E-state index contributed by atoms with van der Waals surface area (Å²) in [6.07, 6.45) is 0.573. The van der Waals surface area contributed by atoms with E-state index < -0.39 is 11.0 Å². The summed E-state index contributed by atoms with van der Waals surface area (Å²) < 4.78 is 23.7. The average molecular weight is 177 g/mol. The number of rotatable bonds is 4. The normalized spacial score (nSPS) is 12.7. The second-order valence-corrected chi connectivity index (χ2v) is 2.53. The molecule has 0 rings (SSSR count). The Bertz CT molecular complexity index is 128. The molecule has 1 unspecified atom stereocenters. The fraction of sp³-hybridized carbons (Fsp3) is 1.00. The predicted molar refractivity (Wildman–Crippen MR) is 41.7 cm³/mol. The van der Waals surface area contributed by atoms with Gasteiger partial charge >= 0.3 is 29.6 Å². The Morgan fingerprint density at radius 2 is 2.10 bits per heavy atom. The molecule has 10 heavy (non-hydrogen) atoms. The topological polar surface area (TPSA) is 69.4 Å². The van der Waals surface area contributed by atoms with Crippen LogP contribution in [-0.4, -0.2) is 50.6 Å². The van der Waals surface area contributed by atoms with Gasteiger partial charge in [0.05, 0.1) is 6.61 Å². The van der Waals surface area contributed by atoms with Gasteiger partial charge in [-0.15, -0.1) is 0 Å². The van der Waals surface area contributed by atoms with Crippen molar-refractivity contribution in [3.63, 3.8) is 0 Å². The Balaban J connectivity index is 0. The van der Waals surface area contributed by atoms with Gasteiger partial charge in [0, 0.05) is 6.04 Å². The van der Waals surface area contributed by atoms with E-state index in [2.05, 4.69) is 4.18 Å². The number of thiol groups is 1. The third kappa shape index (κ3) is 11.6. The average Bonchev–Trinajstić information content (AvgIpc) is 1.63. The van der Waals surface area contributed by atoms with Crippen molar-refractivity contribution in [2.24, 2.45) is 5.73 Å². The minimum absolute atomic E-state index is 0. The fourth-order valence-corrected chi connectivity index (χ4v) is 0.568. The van der Waals surface area contributed by atoms with Crippen LogP contribution in [0.3, 0.4) is 0 Å². The van der Waals surface area contributed by atoms with E-state index in [1.54, 1.807) is 6.92 Å². The molecule has 0 bridgehead atoms. The van der Waals surface area contributed by atoms with E-state index in [0.29, 0.717) is 6.42 Å². The molecular formula is C4H12NNaO3S. The Hall–Kier alpha value is 0.870. The van der Waals surface area contributed by atoms with Gasteiger partial charge in [0.25, 0.3) is 11.0 Å². The molecule has 0 amide bonds.